The SMILES string of the molecule is Cc1noc(C(C)C)c1C(=O)NNC(=O)Cn1c(C(F)(F)F)nc2ccccc21. The van der Waals surface area contributed by atoms with Crippen molar-refractivity contribution in [2.75, 3.05) is 0 Å². The molecule has 0 bridgehead atoms. The number of para-hydroxylation sites is 2. The van der Waals surface area contributed by atoms with Gasteiger partial charge in [0.15, 0.2) is 5.76 Å². The number of aromatic nitrogens is 3. The minimum absolute atomic E-state index is 0.110. The maximum Gasteiger partial charge on any atom is 0.449 e. The van der Waals surface area contributed by atoms with Crippen LogP contribution in [0.5, 0.6) is 0 Å². The van der Waals surface area contributed by atoms with E-state index in [1.807, 2.05) is 0 Å². The fourth-order valence-electron chi connectivity index (χ4n) is 2.88. The molecule has 2 heterocycles. The summed E-state index contributed by atoms with van der Waals surface area (Å²) in [4.78, 5) is 28.2. The summed E-state index contributed by atoms with van der Waals surface area (Å²) in [5, 5.41) is 3.73. The number of benzene rings is 1. The molecule has 0 saturated heterocycles. The fourth-order valence-corrected chi connectivity index (χ4v) is 2.88. The van der Waals surface area contributed by atoms with Gasteiger partial charge in [0.25, 0.3) is 11.8 Å². The van der Waals surface area contributed by atoms with Crippen LogP contribution in [0, 0.1) is 6.92 Å². The van der Waals surface area contributed by atoms with Crippen LogP contribution in [0.25, 0.3) is 11.0 Å². The van der Waals surface area contributed by atoms with Crippen LogP contribution in [-0.4, -0.2) is 26.5 Å². The Morgan fingerprint density at radius 3 is 2.55 bits per heavy atom. The van der Waals surface area contributed by atoms with Gasteiger partial charge in [-0.15, -0.1) is 0 Å². The van der Waals surface area contributed by atoms with E-state index in [0.717, 1.165) is 4.57 Å². The zero-order valence-electron chi connectivity index (χ0n) is 15.8. The van der Waals surface area contributed by atoms with Crippen LogP contribution < -0.4 is 10.9 Å². The lowest BCUT2D eigenvalue weighted by Crippen LogP contribution is -2.43. The topological polar surface area (TPSA) is 102 Å². The first-order chi connectivity index (χ1) is 13.6. The van der Waals surface area contributed by atoms with Crippen molar-refractivity contribution in [3.63, 3.8) is 0 Å². The van der Waals surface area contributed by atoms with Crippen LogP contribution in [0.2, 0.25) is 0 Å². The normalized spacial score (nSPS) is 11.8. The molecule has 0 atom stereocenters. The standard InChI is InChI=1S/C18H18F3N5O3/c1-9(2)15-14(10(3)25-29-15)16(28)24-23-13(27)8-26-12-7-5-4-6-11(12)22-17(26)18(19,20)21/h4-7,9H,8H2,1-3H3,(H,23,27)(H,24,28). The van der Waals surface area contributed by atoms with Gasteiger partial charge in [-0.2, -0.15) is 13.2 Å². The molecule has 0 fully saturated rings. The van der Waals surface area contributed by atoms with Crippen molar-refractivity contribution >= 4 is 22.8 Å². The van der Waals surface area contributed by atoms with Crippen molar-refractivity contribution in [2.45, 2.75) is 39.4 Å². The highest BCUT2D eigenvalue weighted by molar-refractivity contribution is 5.97. The average Bonchev–Trinajstić information content (AvgIpc) is 3.21. The zero-order valence-corrected chi connectivity index (χ0v) is 15.8. The molecule has 0 radical (unpaired) electrons. The number of alkyl halides is 3. The summed E-state index contributed by atoms with van der Waals surface area (Å²) >= 11 is 0. The Morgan fingerprint density at radius 1 is 1.21 bits per heavy atom. The molecule has 0 spiro atoms. The molecular formula is C18H18F3N5O3. The van der Waals surface area contributed by atoms with Gasteiger partial charge in [0.2, 0.25) is 5.82 Å². The second-order valence-corrected chi connectivity index (χ2v) is 6.67. The monoisotopic (exact) mass is 409 g/mol. The van der Waals surface area contributed by atoms with Gasteiger partial charge in [-0.3, -0.25) is 20.4 Å². The number of amides is 2. The van der Waals surface area contributed by atoms with Gasteiger partial charge in [0.1, 0.15) is 12.1 Å². The van der Waals surface area contributed by atoms with Gasteiger partial charge in [-0.25, -0.2) is 4.98 Å². The molecule has 0 saturated carbocycles. The van der Waals surface area contributed by atoms with Crippen LogP contribution in [0.3, 0.4) is 0 Å². The number of halogens is 3. The molecule has 11 heteroatoms. The Kier molecular flexibility index (Phi) is 5.31. The number of hydrogen-bond donors (Lipinski definition) is 2. The lowest BCUT2D eigenvalue weighted by molar-refractivity contribution is -0.147. The lowest BCUT2D eigenvalue weighted by Gasteiger charge is -2.12. The minimum atomic E-state index is -4.74. The van der Waals surface area contributed by atoms with Crippen LogP contribution in [-0.2, 0) is 17.5 Å². The molecule has 2 amide bonds. The molecular weight excluding hydrogens is 391 g/mol. The molecule has 0 aliphatic heterocycles. The molecule has 154 valence electrons. The van der Waals surface area contributed by atoms with Gasteiger partial charge in [0, 0.05) is 5.92 Å². The molecule has 29 heavy (non-hydrogen) atoms. The molecule has 2 N–H and O–H groups in total. The Balaban J connectivity index is 1.77. The second kappa shape index (κ2) is 7.57. The predicted molar refractivity (Wildman–Crippen MR) is 95.7 cm³/mol. The van der Waals surface area contributed by atoms with E-state index in [9.17, 15) is 22.8 Å². The summed E-state index contributed by atoms with van der Waals surface area (Å²) in [7, 11) is 0. The molecule has 3 rings (SSSR count). The smallest absolute Gasteiger partial charge is 0.360 e. The minimum Gasteiger partial charge on any atom is -0.360 e. The van der Waals surface area contributed by atoms with Gasteiger partial charge in [0.05, 0.1) is 16.7 Å². The van der Waals surface area contributed by atoms with Crippen molar-refractivity contribution < 1.29 is 27.3 Å². The van der Waals surface area contributed by atoms with E-state index in [1.165, 1.54) is 12.1 Å². The number of carbonyl (C=O) groups excluding carboxylic acids is 2. The maximum atomic E-state index is 13.3. The second-order valence-electron chi connectivity index (χ2n) is 6.67. The maximum absolute atomic E-state index is 13.3. The third kappa shape index (κ3) is 4.08. The molecule has 0 unspecified atom stereocenters. The number of aryl methyl sites for hydroxylation is 1. The first-order valence-corrected chi connectivity index (χ1v) is 8.67. The van der Waals surface area contributed by atoms with Crippen molar-refractivity contribution in [1.29, 1.82) is 0 Å². The summed E-state index contributed by atoms with van der Waals surface area (Å²) in [6.45, 7) is 4.49. The first kappa shape index (κ1) is 20.4. The van der Waals surface area contributed by atoms with Crippen LogP contribution in [0.15, 0.2) is 28.8 Å². The number of carbonyl (C=O) groups is 2. The van der Waals surface area contributed by atoms with Crippen LogP contribution in [0.4, 0.5) is 13.2 Å². The predicted octanol–water partition coefficient (Wildman–Crippen LogP) is 2.94. The van der Waals surface area contributed by atoms with Crippen LogP contribution >= 0.6 is 0 Å². The van der Waals surface area contributed by atoms with Gasteiger partial charge < -0.3 is 9.09 Å². The molecule has 8 nitrogen and oxygen atoms in total. The van der Waals surface area contributed by atoms with E-state index in [0.29, 0.717) is 11.5 Å². The van der Waals surface area contributed by atoms with Crippen molar-refractivity contribution in [3.05, 3.63) is 47.1 Å². The van der Waals surface area contributed by atoms with E-state index in [1.54, 1.807) is 32.9 Å². The van der Waals surface area contributed by atoms with E-state index < -0.39 is 30.4 Å². The summed E-state index contributed by atoms with van der Waals surface area (Å²) in [6, 6.07) is 5.94. The van der Waals surface area contributed by atoms with E-state index >= 15 is 0 Å². The molecule has 0 aliphatic rings. The number of nitrogens with one attached hydrogen (secondary N) is 2. The fraction of sp³-hybridized carbons (Fsp3) is 0.333. The average molecular weight is 409 g/mol. The molecule has 3 aromatic rings. The van der Waals surface area contributed by atoms with Gasteiger partial charge >= 0.3 is 6.18 Å². The van der Waals surface area contributed by atoms with E-state index in [4.69, 9.17) is 4.52 Å². The van der Waals surface area contributed by atoms with E-state index in [2.05, 4.69) is 21.0 Å². The summed E-state index contributed by atoms with van der Waals surface area (Å²) in [5.41, 5.74) is 5.07. The Bertz CT molecular complexity index is 1070. The number of nitrogens with zero attached hydrogens (tertiary/aromatic N) is 3. The Labute approximate surface area is 163 Å². The molecule has 0 aliphatic carbocycles. The van der Waals surface area contributed by atoms with Gasteiger partial charge in [-0.05, 0) is 19.1 Å². The van der Waals surface area contributed by atoms with Gasteiger partial charge in [-0.1, -0.05) is 31.1 Å². The molecule has 2 aromatic heterocycles. The summed E-state index contributed by atoms with van der Waals surface area (Å²) in [5.74, 6) is -2.51. The zero-order chi connectivity index (χ0) is 21.3. The number of rotatable bonds is 4. The lowest BCUT2D eigenvalue weighted by atomic mass is 10.1. The quantitative estimate of drug-likeness (QED) is 0.645. The Morgan fingerprint density at radius 2 is 1.90 bits per heavy atom. The third-order valence-electron chi connectivity index (χ3n) is 4.17. The first-order valence-electron chi connectivity index (χ1n) is 8.67. The number of hydrogen-bond acceptors (Lipinski definition) is 5. The van der Waals surface area contributed by atoms with Crippen LogP contribution in [0.1, 0.15) is 47.4 Å². The summed E-state index contributed by atoms with van der Waals surface area (Å²) < 4.78 is 45.8. The molecule has 1 aromatic carbocycles. The number of hydrazine groups is 1. The summed E-state index contributed by atoms with van der Waals surface area (Å²) in [6.07, 6.45) is -4.74. The third-order valence-corrected chi connectivity index (χ3v) is 4.17. The largest absolute Gasteiger partial charge is 0.449 e. The number of imidazole rings is 1. The Hall–Kier alpha value is -3.37. The highest BCUT2D eigenvalue weighted by atomic mass is 19.4. The van der Waals surface area contributed by atoms with Crippen molar-refractivity contribution in [2.24, 2.45) is 0 Å². The highest BCUT2D eigenvalue weighted by Gasteiger charge is 2.38. The van der Waals surface area contributed by atoms with Crippen molar-refractivity contribution in [1.82, 2.24) is 25.6 Å². The van der Waals surface area contributed by atoms with Crippen molar-refractivity contribution in [3.8, 4) is 0 Å². The number of fused-ring (bicyclic) bond motifs is 1. The highest BCUT2D eigenvalue weighted by Crippen LogP contribution is 2.31. The van der Waals surface area contributed by atoms with E-state index in [-0.39, 0.29) is 22.5 Å².